The Bertz CT molecular complexity index is 1010. The van der Waals surface area contributed by atoms with Gasteiger partial charge < -0.3 is 4.74 Å². The first-order chi connectivity index (χ1) is 12.2. The van der Waals surface area contributed by atoms with Crippen molar-refractivity contribution in [1.29, 1.82) is 0 Å². The van der Waals surface area contributed by atoms with Crippen molar-refractivity contribution < 1.29 is 22.3 Å². The first-order valence-corrected chi connectivity index (χ1v) is 10.1. The van der Waals surface area contributed by atoms with E-state index in [1.807, 2.05) is 6.92 Å². The van der Waals surface area contributed by atoms with Crippen LogP contribution in [0.2, 0.25) is 0 Å². The summed E-state index contributed by atoms with van der Waals surface area (Å²) in [5, 5.41) is 0. The van der Waals surface area contributed by atoms with E-state index in [2.05, 4.69) is 0 Å². The Hall–Kier alpha value is -2.47. The number of hydrogen-bond acceptors (Lipinski definition) is 4. The van der Waals surface area contributed by atoms with Crippen LogP contribution in [0.3, 0.4) is 0 Å². The lowest BCUT2D eigenvalue weighted by Crippen LogP contribution is -2.32. The van der Waals surface area contributed by atoms with Gasteiger partial charge in [-0.15, -0.1) is 0 Å². The Morgan fingerprint density at radius 1 is 1.08 bits per heavy atom. The summed E-state index contributed by atoms with van der Waals surface area (Å²) in [4.78, 5) is 13.2. The van der Waals surface area contributed by atoms with Gasteiger partial charge in [-0.1, -0.05) is 19.1 Å². The first-order valence-electron chi connectivity index (χ1n) is 8.20. The van der Waals surface area contributed by atoms with Crippen LogP contribution in [0.4, 0.5) is 4.39 Å². The molecule has 1 aliphatic rings. The number of ether oxygens (including phenoxy) is 1. The molecule has 2 aromatic rings. The van der Waals surface area contributed by atoms with Gasteiger partial charge in [0.15, 0.2) is 15.4 Å². The number of ketones is 1. The zero-order valence-corrected chi connectivity index (χ0v) is 15.6. The average molecular weight is 374 g/mol. The summed E-state index contributed by atoms with van der Waals surface area (Å²) < 4.78 is 43.0. The molecule has 0 spiro atoms. The van der Waals surface area contributed by atoms with Crippen LogP contribution in [0.5, 0.6) is 0 Å². The summed E-state index contributed by atoms with van der Waals surface area (Å²) in [6, 6.07) is 11.9. The highest BCUT2D eigenvalue weighted by Gasteiger charge is 2.45. The summed E-state index contributed by atoms with van der Waals surface area (Å²) in [7, 11) is -3.33. The van der Waals surface area contributed by atoms with Crippen LogP contribution in [0.25, 0.3) is 11.3 Å². The van der Waals surface area contributed by atoms with Crippen molar-refractivity contribution in [2.24, 2.45) is 0 Å². The van der Waals surface area contributed by atoms with Gasteiger partial charge in [0, 0.05) is 11.8 Å². The van der Waals surface area contributed by atoms with E-state index in [-0.39, 0.29) is 10.7 Å². The fraction of sp³-hybridized carbons (Fsp3) is 0.250. The van der Waals surface area contributed by atoms with Crippen molar-refractivity contribution in [3.63, 3.8) is 0 Å². The lowest BCUT2D eigenvalue weighted by molar-refractivity contribution is -0.126. The maximum atomic E-state index is 13.7. The average Bonchev–Trinajstić information content (AvgIpc) is 2.86. The van der Waals surface area contributed by atoms with E-state index in [9.17, 15) is 17.6 Å². The van der Waals surface area contributed by atoms with Gasteiger partial charge in [-0.05, 0) is 55.3 Å². The minimum atomic E-state index is -3.33. The number of sulfone groups is 1. The second-order valence-corrected chi connectivity index (χ2v) is 8.54. The van der Waals surface area contributed by atoms with Gasteiger partial charge >= 0.3 is 0 Å². The van der Waals surface area contributed by atoms with E-state index in [1.54, 1.807) is 25.1 Å². The Labute approximate surface area is 152 Å². The highest BCUT2D eigenvalue weighted by molar-refractivity contribution is 7.90. The largest absolute Gasteiger partial charge is 0.478 e. The molecule has 4 nitrogen and oxygen atoms in total. The molecule has 26 heavy (non-hydrogen) atoms. The van der Waals surface area contributed by atoms with Crippen LogP contribution in [-0.2, 0) is 19.4 Å². The minimum Gasteiger partial charge on any atom is -0.478 e. The maximum absolute atomic E-state index is 13.7. The van der Waals surface area contributed by atoms with Crippen molar-refractivity contribution in [3.8, 4) is 0 Å². The number of carbonyl (C=O) groups is 1. The fourth-order valence-corrected chi connectivity index (χ4v) is 3.52. The lowest BCUT2D eigenvalue weighted by Gasteiger charge is -2.21. The predicted octanol–water partition coefficient (Wildman–Crippen LogP) is 3.87. The minimum absolute atomic E-state index is 0.178. The molecule has 1 heterocycles. The molecule has 0 fully saturated rings. The van der Waals surface area contributed by atoms with Crippen LogP contribution < -0.4 is 0 Å². The van der Waals surface area contributed by atoms with Gasteiger partial charge in [0.25, 0.3) is 0 Å². The molecule has 3 rings (SSSR count). The molecule has 0 aromatic heterocycles. The molecule has 0 aliphatic carbocycles. The van der Waals surface area contributed by atoms with Crippen LogP contribution in [-0.4, -0.2) is 26.1 Å². The van der Waals surface area contributed by atoms with E-state index in [4.69, 9.17) is 4.74 Å². The van der Waals surface area contributed by atoms with Crippen LogP contribution in [0.15, 0.2) is 53.4 Å². The number of carbonyl (C=O) groups excluding carboxylic acids is 1. The molecule has 6 heteroatoms. The third-order valence-electron chi connectivity index (χ3n) is 4.59. The molecule has 136 valence electrons. The summed E-state index contributed by atoms with van der Waals surface area (Å²) in [6.07, 6.45) is 1.58. The second kappa shape index (κ2) is 6.36. The third kappa shape index (κ3) is 3.17. The number of hydrogen-bond donors (Lipinski definition) is 0. The van der Waals surface area contributed by atoms with Gasteiger partial charge in [-0.25, -0.2) is 12.8 Å². The van der Waals surface area contributed by atoms with E-state index in [1.165, 1.54) is 30.3 Å². The van der Waals surface area contributed by atoms with Crippen LogP contribution in [0, 0.1) is 5.82 Å². The molecular weight excluding hydrogens is 355 g/mol. The number of halogens is 1. The molecular formula is C20H19FO4S. The van der Waals surface area contributed by atoms with Crippen molar-refractivity contribution in [1.82, 2.24) is 0 Å². The van der Waals surface area contributed by atoms with Gasteiger partial charge in [-0.2, -0.15) is 0 Å². The molecule has 0 amide bonds. The van der Waals surface area contributed by atoms with E-state index >= 15 is 0 Å². The predicted molar refractivity (Wildman–Crippen MR) is 97.6 cm³/mol. The van der Waals surface area contributed by atoms with Crippen molar-refractivity contribution in [3.05, 3.63) is 65.5 Å². The summed E-state index contributed by atoms with van der Waals surface area (Å²) in [6.45, 7) is 3.54. The lowest BCUT2D eigenvalue weighted by atomic mass is 9.90. The van der Waals surface area contributed by atoms with E-state index in [0.29, 0.717) is 28.9 Å². The summed E-state index contributed by atoms with van der Waals surface area (Å²) in [5.74, 6) is -0.322. The summed E-state index contributed by atoms with van der Waals surface area (Å²) >= 11 is 0. The number of Topliss-reactive ketones (excluding diaryl/α,β-unsaturated/α-hetero) is 1. The van der Waals surface area contributed by atoms with Gasteiger partial charge in [0.2, 0.25) is 5.78 Å². The molecule has 1 aliphatic heterocycles. The highest BCUT2D eigenvalue weighted by atomic mass is 32.2. The zero-order chi connectivity index (χ0) is 19.1. The molecule has 2 aromatic carbocycles. The van der Waals surface area contributed by atoms with Gasteiger partial charge in [-0.3, -0.25) is 4.79 Å². The van der Waals surface area contributed by atoms with Crippen LogP contribution >= 0.6 is 0 Å². The van der Waals surface area contributed by atoms with Crippen molar-refractivity contribution in [2.75, 3.05) is 6.26 Å². The quantitative estimate of drug-likeness (QED) is 0.815. The van der Waals surface area contributed by atoms with Crippen molar-refractivity contribution >= 4 is 27.0 Å². The Kier molecular flexibility index (Phi) is 4.48. The molecule has 1 unspecified atom stereocenters. The monoisotopic (exact) mass is 374 g/mol. The third-order valence-corrected chi connectivity index (χ3v) is 5.72. The molecule has 0 radical (unpaired) electrons. The molecule has 0 saturated carbocycles. The normalized spacial score (nSPS) is 20.4. The first kappa shape index (κ1) is 18.3. The van der Waals surface area contributed by atoms with E-state index in [0.717, 1.165) is 6.26 Å². The number of rotatable bonds is 4. The number of benzene rings is 2. The molecule has 0 N–H and O–H groups in total. The Morgan fingerprint density at radius 2 is 1.73 bits per heavy atom. The smallest absolute Gasteiger partial charge is 0.210 e. The fourth-order valence-electron chi connectivity index (χ4n) is 2.89. The standard InChI is InChI=1S/C20H19FO4S/c1-4-20(2)19(22)17(14-6-5-7-15(21)12-14)18(25-20)13-8-10-16(11-9-13)26(3,23)24/h5-12H,4H2,1-3H3. The SMILES string of the molecule is CCC1(C)OC(c2ccc(S(C)(=O)=O)cc2)=C(c2cccc(F)c2)C1=O. The van der Waals surface area contributed by atoms with Crippen molar-refractivity contribution in [2.45, 2.75) is 30.8 Å². The topological polar surface area (TPSA) is 60.4 Å². The Balaban J connectivity index is 2.18. The van der Waals surface area contributed by atoms with Gasteiger partial charge in [0.1, 0.15) is 11.6 Å². The molecule has 1 atom stereocenters. The van der Waals surface area contributed by atoms with Gasteiger partial charge in [0.05, 0.1) is 10.5 Å². The molecule has 0 bridgehead atoms. The zero-order valence-electron chi connectivity index (χ0n) is 14.7. The van der Waals surface area contributed by atoms with E-state index < -0.39 is 21.3 Å². The molecule has 0 saturated heterocycles. The maximum Gasteiger partial charge on any atom is 0.210 e. The summed E-state index contributed by atoms with van der Waals surface area (Å²) in [5.41, 5.74) is 0.282. The second-order valence-electron chi connectivity index (χ2n) is 6.53. The Morgan fingerprint density at radius 3 is 2.27 bits per heavy atom. The highest BCUT2D eigenvalue weighted by Crippen LogP contribution is 2.43. The van der Waals surface area contributed by atoms with Crippen LogP contribution in [0.1, 0.15) is 31.4 Å².